The fourth-order valence-corrected chi connectivity index (χ4v) is 4.38. The first-order chi connectivity index (χ1) is 14.1. The van der Waals surface area contributed by atoms with Crippen LogP contribution < -0.4 is 10.7 Å². The highest BCUT2D eigenvalue weighted by molar-refractivity contribution is 8.00. The zero-order valence-corrected chi connectivity index (χ0v) is 17.0. The molecule has 8 heteroatoms. The van der Waals surface area contributed by atoms with E-state index < -0.39 is 5.25 Å². The highest BCUT2D eigenvalue weighted by Crippen LogP contribution is 2.37. The van der Waals surface area contributed by atoms with E-state index in [1.165, 1.54) is 29.5 Å². The van der Waals surface area contributed by atoms with Crippen molar-refractivity contribution < 1.29 is 9.18 Å². The number of thioether (sulfide) groups is 1. The molecular formula is C21H22FN5OS. The van der Waals surface area contributed by atoms with Crippen LogP contribution in [0.3, 0.4) is 0 Å². The molecular weight excluding hydrogens is 389 g/mol. The lowest BCUT2D eigenvalue weighted by Crippen LogP contribution is -2.41. The lowest BCUT2D eigenvalue weighted by molar-refractivity contribution is -0.116. The summed E-state index contributed by atoms with van der Waals surface area (Å²) in [5, 5.41) is 11.5. The third-order valence-corrected chi connectivity index (χ3v) is 6.15. The van der Waals surface area contributed by atoms with Crippen molar-refractivity contribution in [2.45, 2.75) is 43.1 Å². The van der Waals surface area contributed by atoms with E-state index in [-0.39, 0.29) is 17.8 Å². The molecule has 2 N–H and O–H groups in total. The van der Waals surface area contributed by atoms with Crippen LogP contribution in [0.4, 0.5) is 10.1 Å². The molecule has 2 heterocycles. The Morgan fingerprint density at radius 3 is 2.48 bits per heavy atom. The monoisotopic (exact) mass is 411 g/mol. The van der Waals surface area contributed by atoms with Crippen molar-refractivity contribution in [3.8, 4) is 0 Å². The average Bonchev–Trinajstić information content (AvgIpc) is 3.16. The fourth-order valence-electron chi connectivity index (χ4n) is 3.29. The van der Waals surface area contributed by atoms with Crippen molar-refractivity contribution in [3.05, 3.63) is 71.3 Å². The summed E-state index contributed by atoms with van der Waals surface area (Å²) in [5.41, 5.74) is 6.23. The molecule has 1 aliphatic rings. The number of hydrogen-bond donors (Lipinski definition) is 2. The molecule has 1 amide bonds. The molecule has 0 saturated carbocycles. The summed E-state index contributed by atoms with van der Waals surface area (Å²) in [6.07, 6.45) is 1.69. The van der Waals surface area contributed by atoms with E-state index in [0.717, 1.165) is 24.2 Å². The minimum atomic E-state index is -0.464. The molecule has 2 aromatic carbocycles. The fraction of sp³-hybridized carbons (Fsp3) is 0.286. The van der Waals surface area contributed by atoms with E-state index in [9.17, 15) is 9.18 Å². The Labute approximate surface area is 172 Å². The molecule has 0 fully saturated rings. The Hall–Kier alpha value is -2.87. The Morgan fingerprint density at radius 2 is 1.83 bits per heavy atom. The number of amides is 1. The van der Waals surface area contributed by atoms with Gasteiger partial charge in [0.25, 0.3) is 0 Å². The molecule has 0 saturated heterocycles. The Bertz CT molecular complexity index is 1000. The number of benzene rings is 2. The largest absolute Gasteiger partial charge is 0.325 e. The minimum absolute atomic E-state index is 0.175. The van der Waals surface area contributed by atoms with E-state index in [1.807, 2.05) is 11.6 Å². The average molecular weight is 412 g/mol. The normalized spacial score (nSPS) is 18.0. The number of halogens is 1. The molecule has 6 nitrogen and oxygen atoms in total. The van der Waals surface area contributed by atoms with Crippen molar-refractivity contribution in [3.63, 3.8) is 0 Å². The number of anilines is 1. The molecule has 29 heavy (non-hydrogen) atoms. The zero-order chi connectivity index (χ0) is 20.4. The standard InChI is InChI=1S/C21H22FN5OS/c1-3-13-5-7-14(8-6-13)18-19(20(28)23-16-11-9-15(22)10-12-16)29-21-25-24-17(4-2)27(21)26-18/h5-12,18-19,26H,3-4H2,1-2H3,(H,23,28)/t18-,19-/m0/s1. The molecule has 0 aliphatic carbocycles. The lowest BCUT2D eigenvalue weighted by Gasteiger charge is -2.33. The van der Waals surface area contributed by atoms with E-state index in [1.54, 1.807) is 12.1 Å². The molecule has 0 bridgehead atoms. The van der Waals surface area contributed by atoms with Crippen molar-refractivity contribution in [2.75, 3.05) is 10.7 Å². The van der Waals surface area contributed by atoms with E-state index in [2.05, 4.69) is 52.1 Å². The van der Waals surface area contributed by atoms with E-state index in [0.29, 0.717) is 10.8 Å². The molecule has 1 aliphatic heterocycles. The Kier molecular flexibility index (Phi) is 5.53. The van der Waals surface area contributed by atoms with Crippen LogP contribution in [0.1, 0.15) is 36.8 Å². The van der Waals surface area contributed by atoms with E-state index in [4.69, 9.17) is 0 Å². The zero-order valence-electron chi connectivity index (χ0n) is 16.2. The first kappa shape index (κ1) is 19.4. The quantitative estimate of drug-likeness (QED) is 0.665. The van der Waals surface area contributed by atoms with Gasteiger partial charge in [0.05, 0.1) is 6.04 Å². The maximum absolute atomic E-state index is 13.2. The van der Waals surface area contributed by atoms with Crippen LogP contribution >= 0.6 is 11.8 Å². The molecule has 0 unspecified atom stereocenters. The van der Waals surface area contributed by atoms with Crippen molar-refractivity contribution in [1.82, 2.24) is 14.9 Å². The van der Waals surface area contributed by atoms with Crippen LogP contribution in [0.2, 0.25) is 0 Å². The number of nitrogens with zero attached hydrogens (tertiary/aromatic N) is 3. The summed E-state index contributed by atoms with van der Waals surface area (Å²) in [6.45, 7) is 4.13. The van der Waals surface area contributed by atoms with Gasteiger partial charge in [-0.3, -0.25) is 4.79 Å². The summed E-state index contributed by atoms with van der Waals surface area (Å²) < 4.78 is 15.0. The highest BCUT2D eigenvalue weighted by Gasteiger charge is 2.37. The maximum Gasteiger partial charge on any atom is 0.240 e. The van der Waals surface area contributed by atoms with Gasteiger partial charge in [-0.15, -0.1) is 10.2 Å². The number of aromatic nitrogens is 3. The summed E-state index contributed by atoms with van der Waals surface area (Å²) in [7, 11) is 0. The van der Waals surface area contributed by atoms with Crippen molar-refractivity contribution >= 4 is 23.4 Å². The van der Waals surface area contributed by atoms with Crippen molar-refractivity contribution in [1.29, 1.82) is 0 Å². The third-order valence-electron chi connectivity index (χ3n) is 4.94. The third kappa shape index (κ3) is 3.98. The second-order valence-corrected chi connectivity index (χ2v) is 7.93. The number of fused-ring (bicyclic) bond motifs is 1. The Balaban J connectivity index is 1.65. The van der Waals surface area contributed by atoms with Crippen LogP contribution in [0.5, 0.6) is 0 Å². The maximum atomic E-state index is 13.2. The van der Waals surface area contributed by atoms with E-state index >= 15 is 0 Å². The van der Waals surface area contributed by atoms with Gasteiger partial charge in [0, 0.05) is 12.1 Å². The van der Waals surface area contributed by atoms with Gasteiger partial charge in [0.2, 0.25) is 11.1 Å². The van der Waals surface area contributed by atoms with Crippen molar-refractivity contribution in [2.24, 2.45) is 0 Å². The number of rotatable bonds is 5. The first-order valence-electron chi connectivity index (χ1n) is 9.61. The highest BCUT2D eigenvalue weighted by atomic mass is 32.2. The Morgan fingerprint density at radius 1 is 1.10 bits per heavy atom. The molecule has 0 spiro atoms. The number of aryl methyl sites for hydroxylation is 2. The molecule has 150 valence electrons. The second kappa shape index (κ2) is 8.24. The minimum Gasteiger partial charge on any atom is -0.325 e. The first-order valence-corrected chi connectivity index (χ1v) is 10.5. The topological polar surface area (TPSA) is 71.8 Å². The summed E-state index contributed by atoms with van der Waals surface area (Å²) in [6, 6.07) is 13.8. The van der Waals surface area contributed by atoms with Gasteiger partial charge >= 0.3 is 0 Å². The van der Waals surface area contributed by atoms with Gasteiger partial charge in [-0.1, -0.05) is 49.9 Å². The predicted octanol–water partition coefficient (Wildman–Crippen LogP) is 3.94. The number of hydrogen-bond acceptors (Lipinski definition) is 5. The van der Waals surface area contributed by atoms with Gasteiger partial charge < -0.3 is 10.7 Å². The molecule has 3 aromatic rings. The van der Waals surface area contributed by atoms with Gasteiger partial charge in [0.15, 0.2) is 5.82 Å². The second-order valence-electron chi connectivity index (χ2n) is 6.82. The van der Waals surface area contributed by atoms with Gasteiger partial charge in [-0.2, -0.15) is 0 Å². The van der Waals surface area contributed by atoms with Gasteiger partial charge in [-0.05, 0) is 41.8 Å². The molecule has 4 rings (SSSR count). The smallest absolute Gasteiger partial charge is 0.240 e. The summed E-state index contributed by atoms with van der Waals surface area (Å²) in [5.74, 6) is 0.303. The van der Waals surface area contributed by atoms with Gasteiger partial charge in [0.1, 0.15) is 11.1 Å². The van der Waals surface area contributed by atoms with Crippen LogP contribution in [-0.4, -0.2) is 26.0 Å². The predicted molar refractivity (Wildman–Crippen MR) is 112 cm³/mol. The summed E-state index contributed by atoms with van der Waals surface area (Å²) >= 11 is 1.38. The molecule has 1 aromatic heterocycles. The number of carbonyl (C=O) groups is 1. The van der Waals surface area contributed by atoms with Crippen LogP contribution in [0.15, 0.2) is 53.7 Å². The molecule has 0 radical (unpaired) electrons. The van der Waals surface area contributed by atoms with Crippen LogP contribution in [0, 0.1) is 5.82 Å². The number of nitrogens with one attached hydrogen (secondary N) is 2. The number of carbonyl (C=O) groups excluding carboxylic acids is 1. The SMILES string of the molecule is CCc1ccc([C@@H]2Nn3c(CC)nnc3S[C@@H]2C(=O)Nc2ccc(F)cc2)cc1. The lowest BCUT2D eigenvalue weighted by atomic mass is 10.0. The van der Waals surface area contributed by atoms with Crippen LogP contribution in [0.25, 0.3) is 0 Å². The molecule has 2 atom stereocenters. The summed E-state index contributed by atoms with van der Waals surface area (Å²) in [4.78, 5) is 13.1. The van der Waals surface area contributed by atoms with Crippen LogP contribution in [-0.2, 0) is 17.6 Å². The van der Waals surface area contributed by atoms with Gasteiger partial charge in [-0.25, -0.2) is 9.07 Å².